The van der Waals surface area contributed by atoms with Crippen molar-refractivity contribution in [2.75, 3.05) is 49.6 Å². The summed E-state index contributed by atoms with van der Waals surface area (Å²) in [6.07, 6.45) is 1.75. The van der Waals surface area contributed by atoms with E-state index in [1.807, 2.05) is 24.3 Å². The zero-order valence-electron chi connectivity index (χ0n) is 17.1. The van der Waals surface area contributed by atoms with E-state index in [9.17, 15) is 13.2 Å². The number of sulfonamides is 1. The molecular weight excluding hydrogens is 402 g/mol. The molecule has 8 heteroatoms. The van der Waals surface area contributed by atoms with E-state index in [1.54, 1.807) is 19.1 Å². The number of nitrogens with zero attached hydrogens (tertiary/aromatic N) is 2. The summed E-state index contributed by atoms with van der Waals surface area (Å²) in [6, 6.07) is 12.5. The molecule has 4 rings (SSSR count). The van der Waals surface area contributed by atoms with Gasteiger partial charge < -0.3 is 15.0 Å². The van der Waals surface area contributed by atoms with Gasteiger partial charge in [0, 0.05) is 43.1 Å². The summed E-state index contributed by atoms with van der Waals surface area (Å²) in [5.74, 6) is -0.327. The minimum Gasteiger partial charge on any atom is -0.378 e. The fraction of sp³-hybridized carbons (Fsp3) is 0.409. The highest BCUT2D eigenvalue weighted by Gasteiger charge is 2.29. The third-order valence-corrected chi connectivity index (χ3v) is 7.68. The number of carbonyl (C=O) groups is 1. The minimum atomic E-state index is -3.58. The summed E-state index contributed by atoms with van der Waals surface area (Å²) in [7, 11) is -3.58. The standard InChI is InChI=1S/C22H27N3O4S/c1-17-4-5-18(16-21(17)30(27,28)25-10-2-3-11-25)22(26)23-19-6-8-20(9-7-19)24-12-14-29-15-13-24/h4-9,16H,2-3,10-15H2,1H3,(H,23,26). The number of rotatable bonds is 5. The second-order valence-electron chi connectivity index (χ2n) is 7.69. The van der Waals surface area contributed by atoms with Gasteiger partial charge in [-0.15, -0.1) is 0 Å². The molecule has 1 N–H and O–H groups in total. The third kappa shape index (κ3) is 4.35. The number of morpholine rings is 1. The lowest BCUT2D eigenvalue weighted by atomic mass is 10.1. The van der Waals surface area contributed by atoms with Crippen molar-refractivity contribution in [3.63, 3.8) is 0 Å². The van der Waals surface area contributed by atoms with E-state index in [0.29, 0.717) is 43.1 Å². The number of hydrogen-bond acceptors (Lipinski definition) is 5. The van der Waals surface area contributed by atoms with E-state index in [0.717, 1.165) is 31.6 Å². The van der Waals surface area contributed by atoms with Gasteiger partial charge in [-0.2, -0.15) is 4.31 Å². The van der Waals surface area contributed by atoms with Gasteiger partial charge in [-0.05, 0) is 61.7 Å². The van der Waals surface area contributed by atoms with Gasteiger partial charge in [-0.1, -0.05) is 6.07 Å². The molecule has 0 spiro atoms. The van der Waals surface area contributed by atoms with Crippen molar-refractivity contribution in [3.8, 4) is 0 Å². The lowest BCUT2D eigenvalue weighted by Crippen LogP contribution is -2.36. The maximum absolute atomic E-state index is 13.0. The molecule has 1 amide bonds. The molecule has 0 saturated carbocycles. The second kappa shape index (κ2) is 8.75. The van der Waals surface area contributed by atoms with Gasteiger partial charge in [0.05, 0.1) is 18.1 Å². The molecule has 2 heterocycles. The molecule has 2 fully saturated rings. The lowest BCUT2D eigenvalue weighted by Gasteiger charge is -2.28. The number of amides is 1. The number of aryl methyl sites for hydroxylation is 1. The summed E-state index contributed by atoms with van der Waals surface area (Å²) in [6.45, 7) is 5.96. The van der Waals surface area contributed by atoms with Crippen LogP contribution in [0, 0.1) is 6.92 Å². The third-order valence-electron chi connectivity index (χ3n) is 5.63. The van der Waals surface area contributed by atoms with Crippen LogP contribution in [0.1, 0.15) is 28.8 Å². The van der Waals surface area contributed by atoms with E-state index in [-0.39, 0.29) is 10.8 Å². The van der Waals surface area contributed by atoms with Crippen LogP contribution >= 0.6 is 0 Å². The van der Waals surface area contributed by atoms with Crippen LogP contribution < -0.4 is 10.2 Å². The number of carbonyl (C=O) groups excluding carboxylic acids is 1. The Morgan fingerprint density at radius 1 is 0.967 bits per heavy atom. The maximum Gasteiger partial charge on any atom is 0.255 e. The molecule has 2 saturated heterocycles. The summed E-state index contributed by atoms with van der Waals surface area (Å²) >= 11 is 0. The first-order valence-corrected chi connectivity index (χ1v) is 11.7. The number of hydrogen-bond donors (Lipinski definition) is 1. The summed E-state index contributed by atoms with van der Waals surface area (Å²) < 4.78 is 32.8. The Kier molecular flexibility index (Phi) is 6.08. The van der Waals surface area contributed by atoms with Gasteiger partial charge in [-0.3, -0.25) is 4.79 Å². The Balaban J connectivity index is 1.49. The fourth-order valence-corrected chi connectivity index (χ4v) is 5.64. The van der Waals surface area contributed by atoms with E-state index >= 15 is 0 Å². The van der Waals surface area contributed by atoms with Gasteiger partial charge in [0.2, 0.25) is 10.0 Å². The Morgan fingerprint density at radius 2 is 1.63 bits per heavy atom. The molecule has 2 aromatic carbocycles. The number of ether oxygens (including phenoxy) is 1. The lowest BCUT2D eigenvalue weighted by molar-refractivity contribution is 0.102. The summed E-state index contributed by atoms with van der Waals surface area (Å²) in [4.78, 5) is 15.2. The Hall–Kier alpha value is -2.42. The molecule has 2 aromatic rings. The SMILES string of the molecule is Cc1ccc(C(=O)Nc2ccc(N3CCOCC3)cc2)cc1S(=O)(=O)N1CCCC1. The van der Waals surface area contributed by atoms with Crippen LogP contribution in [0.15, 0.2) is 47.4 Å². The molecule has 2 aliphatic rings. The molecule has 7 nitrogen and oxygen atoms in total. The first-order valence-electron chi connectivity index (χ1n) is 10.3. The van der Waals surface area contributed by atoms with E-state index < -0.39 is 10.0 Å². The zero-order valence-corrected chi connectivity index (χ0v) is 18.0. The molecule has 0 aliphatic carbocycles. The zero-order chi connectivity index (χ0) is 21.1. The largest absolute Gasteiger partial charge is 0.378 e. The van der Waals surface area contributed by atoms with Crippen LogP contribution in [-0.2, 0) is 14.8 Å². The van der Waals surface area contributed by atoms with Gasteiger partial charge >= 0.3 is 0 Å². The fourth-order valence-electron chi connectivity index (χ4n) is 3.87. The van der Waals surface area contributed by atoms with Crippen LogP contribution in [0.25, 0.3) is 0 Å². The summed E-state index contributed by atoms with van der Waals surface area (Å²) in [5, 5.41) is 2.87. The highest BCUT2D eigenvalue weighted by molar-refractivity contribution is 7.89. The van der Waals surface area contributed by atoms with Crippen molar-refractivity contribution < 1.29 is 17.9 Å². The molecular formula is C22H27N3O4S. The molecule has 2 aliphatic heterocycles. The van der Waals surface area contributed by atoms with Crippen LogP contribution in [0.5, 0.6) is 0 Å². The highest BCUT2D eigenvalue weighted by atomic mass is 32.2. The Bertz CT molecular complexity index is 1010. The van der Waals surface area contributed by atoms with E-state index in [4.69, 9.17) is 4.74 Å². The van der Waals surface area contributed by atoms with Crippen molar-refractivity contribution in [2.45, 2.75) is 24.7 Å². The topological polar surface area (TPSA) is 79.0 Å². The maximum atomic E-state index is 13.0. The minimum absolute atomic E-state index is 0.208. The van der Waals surface area contributed by atoms with Gasteiger partial charge in [0.1, 0.15) is 0 Å². The molecule has 0 radical (unpaired) electrons. The van der Waals surface area contributed by atoms with Crippen molar-refractivity contribution in [2.24, 2.45) is 0 Å². The van der Waals surface area contributed by atoms with Crippen molar-refractivity contribution >= 4 is 27.3 Å². The first kappa shape index (κ1) is 20.8. The average Bonchev–Trinajstić information content (AvgIpc) is 3.31. The predicted octanol–water partition coefficient (Wildman–Crippen LogP) is 2.87. The van der Waals surface area contributed by atoms with Crippen molar-refractivity contribution in [1.82, 2.24) is 4.31 Å². The van der Waals surface area contributed by atoms with Gasteiger partial charge in [-0.25, -0.2) is 8.42 Å². The number of nitrogens with one attached hydrogen (secondary N) is 1. The van der Waals surface area contributed by atoms with Crippen LogP contribution in [-0.4, -0.2) is 58.0 Å². The first-order chi connectivity index (χ1) is 14.4. The smallest absolute Gasteiger partial charge is 0.255 e. The number of anilines is 2. The van der Waals surface area contributed by atoms with E-state index in [2.05, 4.69) is 10.2 Å². The van der Waals surface area contributed by atoms with Crippen LogP contribution in [0.3, 0.4) is 0 Å². The normalized spacial score (nSPS) is 17.8. The second-order valence-corrected chi connectivity index (χ2v) is 9.60. The molecule has 0 aromatic heterocycles. The molecule has 30 heavy (non-hydrogen) atoms. The molecule has 0 unspecified atom stereocenters. The monoisotopic (exact) mass is 429 g/mol. The Morgan fingerprint density at radius 3 is 2.30 bits per heavy atom. The van der Waals surface area contributed by atoms with Crippen LogP contribution in [0.4, 0.5) is 11.4 Å². The van der Waals surface area contributed by atoms with Crippen molar-refractivity contribution in [1.29, 1.82) is 0 Å². The Labute approximate surface area is 177 Å². The van der Waals surface area contributed by atoms with Crippen LogP contribution in [0.2, 0.25) is 0 Å². The van der Waals surface area contributed by atoms with Crippen molar-refractivity contribution in [3.05, 3.63) is 53.6 Å². The number of benzene rings is 2. The van der Waals surface area contributed by atoms with Gasteiger partial charge in [0.25, 0.3) is 5.91 Å². The average molecular weight is 430 g/mol. The van der Waals surface area contributed by atoms with E-state index in [1.165, 1.54) is 10.4 Å². The highest BCUT2D eigenvalue weighted by Crippen LogP contribution is 2.25. The molecule has 0 atom stereocenters. The summed E-state index contributed by atoms with van der Waals surface area (Å²) in [5.41, 5.74) is 2.73. The quantitative estimate of drug-likeness (QED) is 0.791. The van der Waals surface area contributed by atoms with Gasteiger partial charge in [0.15, 0.2) is 0 Å². The molecule has 0 bridgehead atoms. The predicted molar refractivity (Wildman–Crippen MR) is 117 cm³/mol. The molecule has 160 valence electrons.